The molecule has 0 spiro atoms. The van der Waals surface area contributed by atoms with E-state index >= 15 is 0 Å². The van der Waals surface area contributed by atoms with Crippen LogP contribution in [0, 0.1) is 0 Å². The number of aliphatic hydroxyl groups excluding tert-OH is 1. The first-order valence-electron chi connectivity index (χ1n) is 9.53. The summed E-state index contributed by atoms with van der Waals surface area (Å²) in [5, 5.41) is 12.4. The summed E-state index contributed by atoms with van der Waals surface area (Å²) < 4.78 is 32.7. The first-order chi connectivity index (χ1) is 14.1. The number of hydrogen-bond acceptors (Lipinski definition) is 6. The molecule has 0 atom stereocenters. The highest BCUT2D eigenvalue weighted by Crippen LogP contribution is 2.28. The van der Waals surface area contributed by atoms with Gasteiger partial charge >= 0.3 is 6.09 Å². The number of benzene rings is 1. The Hall–Kier alpha value is -2.91. The number of nitrogens with zero attached hydrogens (tertiary/aromatic N) is 2. The molecule has 2 N–H and O–H groups in total. The number of anilines is 1. The van der Waals surface area contributed by atoms with E-state index in [-0.39, 0.29) is 17.1 Å². The molecule has 30 heavy (non-hydrogen) atoms. The predicted octanol–water partition coefficient (Wildman–Crippen LogP) is 3.55. The second-order valence-electron chi connectivity index (χ2n) is 7.82. The lowest BCUT2D eigenvalue weighted by molar-refractivity contribution is 0.0636. The number of aliphatic hydroxyl groups is 1. The standard InChI is InChI=1S/C21H25N3O5S/c1-21(2,3)29-20(26)23-16-12-18-15(8-7-11-25)14-24(19(18)22-13-16)30(27,28)17-9-5-4-6-10-17/h4-6,9-10,12-14,25H,7-8,11H2,1-3H3,(H,23,26). The van der Waals surface area contributed by atoms with E-state index in [2.05, 4.69) is 10.3 Å². The Balaban J connectivity index is 2.05. The Morgan fingerprint density at radius 3 is 2.57 bits per heavy atom. The topological polar surface area (TPSA) is 111 Å². The molecule has 0 bridgehead atoms. The van der Waals surface area contributed by atoms with Crippen molar-refractivity contribution in [1.82, 2.24) is 8.96 Å². The summed E-state index contributed by atoms with van der Waals surface area (Å²) in [6, 6.07) is 9.76. The minimum absolute atomic E-state index is 0.0264. The zero-order valence-corrected chi connectivity index (χ0v) is 17.9. The van der Waals surface area contributed by atoms with Crippen molar-refractivity contribution in [2.45, 2.75) is 44.1 Å². The molecular weight excluding hydrogens is 406 g/mol. The van der Waals surface area contributed by atoms with Crippen molar-refractivity contribution in [1.29, 1.82) is 0 Å². The van der Waals surface area contributed by atoms with Crippen LogP contribution in [0.5, 0.6) is 0 Å². The van der Waals surface area contributed by atoms with Crippen molar-refractivity contribution < 1.29 is 23.1 Å². The third-order valence-electron chi connectivity index (χ3n) is 4.24. The number of fused-ring (bicyclic) bond motifs is 1. The molecule has 160 valence electrons. The normalized spacial score (nSPS) is 12.1. The van der Waals surface area contributed by atoms with Crippen molar-refractivity contribution in [3.8, 4) is 0 Å². The van der Waals surface area contributed by atoms with Crippen LogP contribution in [0.15, 0.2) is 53.7 Å². The summed E-state index contributed by atoms with van der Waals surface area (Å²) >= 11 is 0. The van der Waals surface area contributed by atoms with E-state index in [1.54, 1.807) is 45.0 Å². The molecule has 0 unspecified atom stereocenters. The van der Waals surface area contributed by atoms with Crippen LogP contribution in [-0.2, 0) is 21.2 Å². The quantitative estimate of drug-likeness (QED) is 0.618. The lowest BCUT2D eigenvalue weighted by Crippen LogP contribution is -2.27. The predicted molar refractivity (Wildman–Crippen MR) is 114 cm³/mol. The van der Waals surface area contributed by atoms with Gasteiger partial charge in [-0.15, -0.1) is 0 Å². The van der Waals surface area contributed by atoms with Gasteiger partial charge in [-0.2, -0.15) is 0 Å². The fourth-order valence-electron chi connectivity index (χ4n) is 2.99. The third kappa shape index (κ3) is 4.80. The minimum Gasteiger partial charge on any atom is -0.444 e. The monoisotopic (exact) mass is 431 g/mol. The average Bonchev–Trinajstić information content (AvgIpc) is 3.04. The number of nitrogens with one attached hydrogen (secondary N) is 1. The highest BCUT2D eigenvalue weighted by atomic mass is 32.2. The average molecular weight is 432 g/mol. The van der Waals surface area contributed by atoms with Crippen LogP contribution in [-0.4, -0.2) is 40.8 Å². The highest BCUT2D eigenvalue weighted by Gasteiger charge is 2.23. The summed E-state index contributed by atoms with van der Waals surface area (Å²) in [6.07, 6.45) is 3.21. The smallest absolute Gasteiger partial charge is 0.412 e. The molecule has 0 fully saturated rings. The van der Waals surface area contributed by atoms with Crippen molar-refractivity contribution in [3.63, 3.8) is 0 Å². The van der Waals surface area contributed by atoms with Gasteiger partial charge in [0.2, 0.25) is 0 Å². The van der Waals surface area contributed by atoms with Crippen LogP contribution < -0.4 is 5.32 Å². The van der Waals surface area contributed by atoms with Crippen LogP contribution in [0.2, 0.25) is 0 Å². The van der Waals surface area contributed by atoms with Gasteiger partial charge in [-0.3, -0.25) is 5.32 Å². The van der Waals surface area contributed by atoms with Crippen LogP contribution >= 0.6 is 0 Å². The van der Waals surface area contributed by atoms with E-state index in [0.29, 0.717) is 29.5 Å². The van der Waals surface area contributed by atoms with Crippen LogP contribution in [0.1, 0.15) is 32.8 Å². The number of carbonyl (C=O) groups excluding carboxylic acids is 1. The molecule has 0 aliphatic rings. The number of carbonyl (C=O) groups is 1. The highest BCUT2D eigenvalue weighted by molar-refractivity contribution is 7.90. The molecule has 9 heteroatoms. The number of aromatic nitrogens is 2. The fraction of sp³-hybridized carbons (Fsp3) is 0.333. The second-order valence-corrected chi connectivity index (χ2v) is 9.63. The number of aryl methyl sites for hydroxylation is 1. The molecule has 0 saturated heterocycles. The SMILES string of the molecule is CC(C)(C)OC(=O)Nc1cnc2c(c1)c(CCCO)cn2S(=O)(=O)c1ccccc1. The maximum atomic E-state index is 13.1. The van der Waals surface area contributed by atoms with E-state index in [1.807, 2.05) is 0 Å². The Kier molecular flexibility index (Phi) is 6.14. The Labute approximate surface area is 175 Å². The van der Waals surface area contributed by atoms with Crippen molar-refractivity contribution in [3.05, 3.63) is 54.4 Å². The van der Waals surface area contributed by atoms with Crippen LogP contribution in [0.4, 0.5) is 10.5 Å². The Morgan fingerprint density at radius 2 is 1.93 bits per heavy atom. The first kappa shape index (κ1) is 21.8. The van der Waals surface area contributed by atoms with Gasteiger partial charge in [0.1, 0.15) is 5.60 Å². The largest absolute Gasteiger partial charge is 0.444 e. The van der Waals surface area contributed by atoms with E-state index < -0.39 is 21.7 Å². The van der Waals surface area contributed by atoms with Crippen molar-refractivity contribution >= 4 is 32.8 Å². The van der Waals surface area contributed by atoms with Gasteiger partial charge in [0.25, 0.3) is 10.0 Å². The number of hydrogen-bond donors (Lipinski definition) is 2. The number of amides is 1. The van der Waals surface area contributed by atoms with Gasteiger partial charge in [-0.25, -0.2) is 22.2 Å². The summed E-state index contributed by atoms with van der Waals surface area (Å²) in [6.45, 7) is 5.25. The summed E-state index contributed by atoms with van der Waals surface area (Å²) in [5.74, 6) is 0. The van der Waals surface area contributed by atoms with Gasteiger partial charge in [-0.1, -0.05) is 18.2 Å². The van der Waals surface area contributed by atoms with E-state index in [1.165, 1.54) is 24.5 Å². The molecule has 3 aromatic rings. The van der Waals surface area contributed by atoms with Gasteiger partial charge in [0, 0.05) is 18.2 Å². The van der Waals surface area contributed by atoms with E-state index in [4.69, 9.17) is 4.74 Å². The summed E-state index contributed by atoms with van der Waals surface area (Å²) in [5.41, 5.74) is 0.693. The molecule has 0 aliphatic carbocycles. The van der Waals surface area contributed by atoms with Gasteiger partial charge in [0.05, 0.1) is 16.8 Å². The number of ether oxygens (including phenoxy) is 1. The Bertz CT molecular complexity index is 1150. The molecule has 1 aromatic carbocycles. The van der Waals surface area contributed by atoms with E-state index in [9.17, 15) is 18.3 Å². The zero-order valence-electron chi connectivity index (χ0n) is 17.1. The number of pyridine rings is 1. The zero-order chi connectivity index (χ0) is 21.9. The molecular formula is C21H25N3O5S. The molecule has 2 heterocycles. The molecule has 3 rings (SSSR count). The lowest BCUT2D eigenvalue weighted by Gasteiger charge is -2.19. The molecule has 0 radical (unpaired) electrons. The third-order valence-corrected chi connectivity index (χ3v) is 5.91. The Morgan fingerprint density at radius 1 is 1.23 bits per heavy atom. The molecule has 2 aromatic heterocycles. The fourth-order valence-corrected chi connectivity index (χ4v) is 4.36. The maximum Gasteiger partial charge on any atom is 0.412 e. The number of rotatable bonds is 6. The van der Waals surface area contributed by atoms with Crippen LogP contribution in [0.3, 0.4) is 0 Å². The second kappa shape index (κ2) is 8.45. The molecule has 8 nitrogen and oxygen atoms in total. The van der Waals surface area contributed by atoms with Crippen molar-refractivity contribution in [2.75, 3.05) is 11.9 Å². The van der Waals surface area contributed by atoms with E-state index in [0.717, 1.165) is 3.97 Å². The molecule has 1 amide bonds. The summed E-state index contributed by atoms with van der Waals surface area (Å²) in [7, 11) is -3.85. The van der Waals surface area contributed by atoms with Gasteiger partial charge < -0.3 is 9.84 Å². The molecule has 0 aliphatic heterocycles. The van der Waals surface area contributed by atoms with Crippen LogP contribution in [0.25, 0.3) is 11.0 Å². The minimum atomic E-state index is -3.85. The summed E-state index contributed by atoms with van der Waals surface area (Å²) in [4.78, 5) is 16.5. The lowest BCUT2D eigenvalue weighted by atomic mass is 10.1. The maximum absolute atomic E-state index is 13.1. The molecule has 0 saturated carbocycles. The van der Waals surface area contributed by atoms with Gasteiger partial charge in [0.15, 0.2) is 5.65 Å². The van der Waals surface area contributed by atoms with Crippen molar-refractivity contribution in [2.24, 2.45) is 0 Å². The van der Waals surface area contributed by atoms with Gasteiger partial charge in [-0.05, 0) is 57.4 Å². The first-order valence-corrected chi connectivity index (χ1v) is 11.0.